The second-order valence-electron chi connectivity index (χ2n) is 4.04. The van der Waals surface area contributed by atoms with E-state index in [1.165, 1.54) is 0 Å². The van der Waals surface area contributed by atoms with Gasteiger partial charge in [0, 0.05) is 6.42 Å². The van der Waals surface area contributed by atoms with E-state index in [0.717, 1.165) is 5.56 Å². The second-order valence-corrected chi connectivity index (χ2v) is 4.04. The molecule has 0 radical (unpaired) electrons. The molecule has 0 N–H and O–H groups in total. The molecule has 1 aliphatic heterocycles. The summed E-state index contributed by atoms with van der Waals surface area (Å²) in [5, 5.41) is 0. The summed E-state index contributed by atoms with van der Waals surface area (Å²) in [4.78, 5) is 22.5. The number of benzene rings is 1. The Balaban J connectivity index is 1.79. The normalized spacial score (nSPS) is 18.3. The van der Waals surface area contributed by atoms with Crippen molar-refractivity contribution in [1.82, 2.24) is 0 Å². The van der Waals surface area contributed by atoms with Crippen LogP contribution in [-0.4, -0.2) is 31.3 Å². The lowest BCUT2D eigenvalue weighted by molar-refractivity contribution is -0.161. The number of cyclic esters (lactones) is 1. The fourth-order valence-electron chi connectivity index (χ4n) is 1.62. The summed E-state index contributed by atoms with van der Waals surface area (Å²) < 4.78 is 14.9. The van der Waals surface area contributed by atoms with E-state index < -0.39 is 18.0 Å². The van der Waals surface area contributed by atoms with Gasteiger partial charge in [-0.2, -0.15) is 0 Å². The molecule has 2 rings (SSSR count). The van der Waals surface area contributed by atoms with Gasteiger partial charge in [-0.05, 0) is 24.6 Å². The van der Waals surface area contributed by atoms with Crippen LogP contribution in [0.25, 0.3) is 0 Å². The summed E-state index contributed by atoms with van der Waals surface area (Å²) in [6.45, 7) is 2.02. The summed E-state index contributed by atoms with van der Waals surface area (Å²) >= 11 is 0. The quantitative estimate of drug-likeness (QED) is 0.752. The zero-order valence-corrected chi connectivity index (χ0v) is 10.0. The zero-order chi connectivity index (χ0) is 13.0. The van der Waals surface area contributed by atoms with Gasteiger partial charge in [0.05, 0.1) is 6.61 Å². The lowest BCUT2D eigenvalue weighted by Crippen LogP contribution is -2.26. The number of rotatable bonds is 4. The number of aryl methyl sites for hydroxylation is 1. The topological polar surface area (TPSA) is 61.8 Å². The predicted molar refractivity (Wildman–Crippen MR) is 62.1 cm³/mol. The average molecular weight is 250 g/mol. The summed E-state index contributed by atoms with van der Waals surface area (Å²) in [6.07, 6.45) is -0.367. The van der Waals surface area contributed by atoms with Gasteiger partial charge in [0.1, 0.15) is 5.75 Å². The highest BCUT2D eigenvalue weighted by Crippen LogP contribution is 2.13. The predicted octanol–water partition coefficient (Wildman–Crippen LogP) is 1.23. The van der Waals surface area contributed by atoms with Gasteiger partial charge in [0.15, 0.2) is 6.61 Å². The zero-order valence-electron chi connectivity index (χ0n) is 10.0. The Morgan fingerprint density at radius 1 is 1.50 bits per heavy atom. The van der Waals surface area contributed by atoms with Crippen LogP contribution in [0.5, 0.6) is 5.75 Å². The number of carbonyl (C=O) groups excluding carboxylic acids is 2. The molecule has 1 saturated heterocycles. The van der Waals surface area contributed by atoms with Gasteiger partial charge in [-0.1, -0.05) is 12.1 Å². The van der Waals surface area contributed by atoms with E-state index >= 15 is 0 Å². The fourth-order valence-corrected chi connectivity index (χ4v) is 1.62. The Labute approximate surface area is 105 Å². The van der Waals surface area contributed by atoms with E-state index in [0.29, 0.717) is 18.8 Å². The molecule has 96 valence electrons. The van der Waals surface area contributed by atoms with Crippen molar-refractivity contribution < 1.29 is 23.8 Å². The van der Waals surface area contributed by atoms with Gasteiger partial charge in [0.25, 0.3) is 0 Å². The standard InChI is InChI=1S/C13H14O5/c1-9-3-2-4-10(7-9)17-8-12(14)18-11-5-6-16-13(11)15/h2-4,7,11H,5-6,8H2,1H3. The van der Waals surface area contributed by atoms with E-state index in [2.05, 4.69) is 4.74 Å². The van der Waals surface area contributed by atoms with E-state index in [1.54, 1.807) is 6.07 Å². The number of ether oxygens (including phenoxy) is 3. The van der Waals surface area contributed by atoms with Gasteiger partial charge in [-0.15, -0.1) is 0 Å². The Kier molecular flexibility index (Phi) is 3.82. The molecule has 1 unspecified atom stereocenters. The minimum atomic E-state index is -0.779. The van der Waals surface area contributed by atoms with Crippen molar-refractivity contribution in [1.29, 1.82) is 0 Å². The molecule has 1 fully saturated rings. The molecular weight excluding hydrogens is 236 g/mol. The second kappa shape index (κ2) is 5.53. The molecule has 0 bridgehead atoms. The molecule has 5 heteroatoms. The molecule has 1 heterocycles. The first kappa shape index (κ1) is 12.4. The lowest BCUT2D eigenvalue weighted by atomic mass is 10.2. The highest BCUT2D eigenvalue weighted by Gasteiger charge is 2.30. The maximum atomic E-state index is 11.4. The van der Waals surface area contributed by atoms with Crippen molar-refractivity contribution in [3.05, 3.63) is 29.8 Å². The number of esters is 2. The van der Waals surface area contributed by atoms with Crippen molar-refractivity contribution in [3.63, 3.8) is 0 Å². The van der Waals surface area contributed by atoms with Gasteiger partial charge in [-0.3, -0.25) is 0 Å². The van der Waals surface area contributed by atoms with Crippen LogP contribution in [0.4, 0.5) is 0 Å². The molecule has 0 saturated carbocycles. The van der Waals surface area contributed by atoms with Crippen LogP contribution in [0.2, 0.25) is 0 Å². The van der Waals surface area contributed by atoms with Crippen molar-refractivity contribution in [2.24, 2.45) is 0 Å². The van der Waals surface area contributed by atoms with Crippen LogP contribution < -0.4 is 4.74 Å². The maximum absolute atomic E-state index is 11.4. The summed E-state index contributed by atoms with van der Waals surface area (Å²) in [6, 6.07) is 7.34. The van der Waals surface area contributed by atoms with Gasteiger partial charge < -0.3 is 14.2 Å². The highest BCUT2D eigenvalue weighted by molar-refractivity contribution is 5.81. The molecule has 0 aliphatic carbocycles. The molecule has 1 aliphatic rings. The fraction of sp³-hybridized carbons (Fsp3) is 0.385. The highest BCUT2D eigenvalue weighted by atomic mass is 16.6. The van der Waals surface area contributed by atoms with Crippen LogP contribution >= 0.6 is 0 Å². The van der Waals surface area contributed by atoms with Crippen molar-refractivity contribution >= 4 is 11.9 Å². The van der Waals surface area contributed by atoms with Crippen molar-refractivity contribution in [3.8, 4) is 5.75 Å². The van der Waals surface area contributed by atoms with E-state index in [1.807, 2.05) is 25.1 Å². The van der Waals surface area contributed by atoms with Gasteiger partial charge >= 0.3 is 11.9 Å². The Morgan fingerprint density at radius 2 is 2.33 bits per heavy atom. The third kappa shape index (κ3) is 3.23. The molecule has 18 heavy (non-hydrogen) atoms. The first-order valence-corrected chi connectivity index (χ1v) is 5.71. The molecule has 0 amide bonds. The summed E-state index contributed by atoms with van der Waals surface area (Å²) in [7, 11) is 0. The van der Waals surface area contributed by atoms with Gasteiger partial charge in [-0.25, -0.2) is 9.59 Å². The third-order valence-corrected chi connectivity index (χ3v) is 2.51. The molecule has 1 aromatic rings. The number of hydrogen-bond donors (Lipinski definition) is 0. The van der Waals surface area contributed by atoms with Crippen LogP contribution in [0.3, 0.4) is 0 Å². The van der Waals surface area contributed by atoms with E-state index in [9.17, 15) is 9.59 Å². The van der Waals surface area contributed by atoms with Crippen LogP contribution in [0.15, 0.2) is 24.3 Å². The summed E-state index contributed by atoms with van der Waals surface area (Å²) in [5.41, 5.74) is 1.04. The lowest BCUT2D eigenvalue weighted by Gasteiger charge is -2.09. The molecule has 0 aromatic heterocycles. The first-order chi connectivity index (χ1) is 8.65. The molecule has 5 nitrogen and oxygen atoms in total. The average Bonchev–Trinajstić information content (AvgIpc) is 2.73. The molecular formula is C13H14O5. The van der Waals surface area contributed by atoms with E-state index in [-0.39, 0.29) is 6.61 Å². The molecule has 0 spiro atoms. The minimum absolute atomic E-state index is 0.215. The summed E-state index contributed by atoms with van der Waals surface area (Å²) in [5.74, 6) is -0.458. The monoisotopic (exact) mass is 250 g/mol. The SMILES string of the molecule is Cc1cccc(OCC(=O)OC2CCOC2=O)c1. The smallest absolute Gasteiger partial charge is 0.347 e. The van der Waals surface area contributed by atoms with Crippen LogP contribution in [0.1, 0.15) is 12.0 Å². The van der Waals surface area contributed by atoms with Crippen molar-refractivity contribution in [2.45, 2.75) is 19.4 Å². The van der Waals surface area contributed by atoms with Crippen LogP contribution in [-0.2, 0) is 19.1 Å². The van der Waals surface area contributed by atoms with Gasteiger partial charge in [0.2, 0.25) is 6.10 Å². The number of hydrogen-bond acceptors (Lipinski definition) is 5. The largest absolute Gasteiger partial charge is 0.482 e. The number of carbonyl (C=O) groups is 2. The first-order valence-electron chi connectivity index (χ1n) is 5.71. The van der Waals surface area contributed by atoms with Crippen molar-refractivity contribution in [2.75, 3.05) is 13.2 Å². The Hall–Kier alpha value is -2.04. The molecule has 1 aromatic carbocycles. The van der Waals surface area contributed by atoms with E-state index in [4.69, 9.17) is 9.47 Å². The Morgan fingerprint density at radius 3 is 3.00 bits per heavy atom. The van der Waals surface area contributed by atoms with Crippen LogP contribution in [0, 0.1) is 6.92 Å². The molecule has 1 atom stereocenters. The third-order valence-electron chi connectivity index (χ3n) is 2.51. The minimum Gasteiger partial charge on any atom is -0.482 e. The Bertz CT molecular complexity index is 454. The maximum Gasteiger partial charge on any atom is 0.347 e.